The van der Waals surface area contributed by atoms with E-state index in [1.165, 1.54) is 0 Å². The lowest BCUT2D eigenvalue weighted by Crippen LogP contribution is -2.26. The second kappa shape index (κ2) is 8.30. The molecule has 1 saturated heterocycles. The highest BCUT2D eigenvalue weighted by Gasteiger charge is 2.29. The van der Waals surface area contributed by atoms with Crippen molar-refractivity contribution in [1.82, 2.24) is 0 Å². The number of anilines is 2. The topological polar surface area (TPSA) is 75.7 Å². The summed E-state index contributed by atoms with van der Waals surface area (Å²) < 4.78 is 5.60. The highest BCUT2D eigenvalue weighted by molar-refractivity contribution is 6.08. The van der Waals surface area contributed by atoms with Gasteiger partial charge in [-0.1, -0.05) is 42.5 Å². The Bertz CT molecular complexity index is 1210. The highest BCUT2D eigenvalue weighted by Crippen LogP contribution is 2.32. The lowest BCUT2D eigenvalue weighted by atomic mass is 9.93. The molecule has 2 aliphatic rings. The van der Waals surface area contributed by atoms with Crippen LogP contribution in [0.4, 0.5) is 11.4 Å². The number of esters is 1. The lowest BCUT2D eigenvalue weighted by molar-refractivity contribution is -0.117. The summed E-state index contributed by atoms with van der Waals surface area (Å²) in [6, 6.07) is 21.9. The predicted molar refractivity (Wildman–Crippen MR) is 121 cm³/mol. The lowest BCUT2D eigenvalue weighted by Gasteiger charge is -2.25. The molecule has 1 atom stereocenters. The van der Waals surface area contributed by atoms with E-state index in [0.717, 1.165) is 17.5 Å². The Hall–Kier alpha value is -3.93. The van der Waals surface area contributed by atoms with Gasteiger partial charge in [0.2, 0.25) is 5.91 Å². The smallest absolute Gasteiger partial charge is 0.339 e. The molecule has 3 aromatic carbocycles. The summed E-state index contributed by atoms with van der Waals surface area (Å²) in [5.74, 6) is -0.613. The number of fused-ring (bicyclic) bond motifs is 1. The molecule has 160 valence electrons. The molecule has 6 heteroatoms. The van der Waals surface area contributed by atoms with Crippen LogP contribution in [0.3, 0.4) is 0 Å². The molecule has 0 aromatic heterocycles. The molecular weight excluding hydrogens is 404 g/mol. The number of nitrogens with zero attached hydrogens (tertiary/aromatic N) is 1. The van der Waals surface area contributed by atoms with Crippen molar-refractivity contribution in [2.45, 2.75) is 25.4 Å². The Morgan fingerprint density at radius 3 is 2.53 bits per heavy atom. The number of carbonyl (C=O) groups excluding carboxylic acids is 3. The van der Waals surface area contributed by atoms with Crippen LogP contribution in [0.2, 0.25) is 0 Å². The number of amides is 2. The average Bonchev–Trinajstić information content (AvgIpc) is 3.25. The summed E-state index contributed by atoms with van der Waals surface area (Å²) >= 11 is 0. The van der Waals surface area contributed by atoms with Crippen molar-refractivity contribution in [2.75, 3.05) is 16.8 Å². The summed E-state index contributed by atoms with van der Waals surface area (Å²) in [5.41, 5.74) is 3.93. The molecule has 0 saturated carbocycles. The van der Waals surface area contributed by atoms with Crippen LogP contribution in [0, 0.1) is 0 Å². The predicted octanol–water partition coefficient (Wildman–Crippen LogP) is 4.52. The van der Waals surface area contributed by atoms with Gasteiger partial charge in [-0.05, 0) is 47.9 Å². The molecule has 1 N–H and O–H groups in total. The van der Waals surface area contributed by atoms with Crippen LogP contribution in [-0.4, -0.2) is 24.3 Å². The maximum absolute atomic E-state index is 13.1. The summed E-state index contributed by atoms with van der Waals surface area (Å²) in [7, 11) is 0. The van der Waals surface area contributed by atoms with Crippen LogP contribution in [0.5, 0.6) is 0 Å². The molecule has 2 amide bonds. The Balaban J connectivity index is 1.40. The van der Waals surface area contributed by atoms with E-state index in [1.807, 2.05) is 48.5 Å². The van der Waals surface area contributed by atoms with Crippen LogP contribution in [0.25, 0.3) is 0 Å². The van der Waals surface area contributed by atoms with Crippen molar-refractivity contribution in [3.63, 3.8) is 0 Å². The number of carbonyl (C=O) groups is 3. The minimum atomic E-state index is -0.384. The molecule has 2 aliphatic heterocycles. The van der Waals surface area contributed by atoms with Crippen LogP contribution < -0.4 is 10.2 Å². The molecule has 5 rings (SSSR count). The van der Waals surface area contributed by atoms with Crippen molar-refractivity contribution in [1.29, 1.82) is 0 Å². The standard InChI is InChI=1S/C26H22N2O4/c29-24-11-6-14-28(24)22-10-5-4-9-21(22)27-25(30)18-12-13-20-19(15-18)16-23(32-26(20)31)17-7-2-1-3-8-17/h1-5,7-10,12-13,15,23H,6,11,14,16H2,(H,27,30). The first-order valence-corrected chi connectivity index (χ1v) is 10.7. The fourth-order valence-corrected chi connectivity index (χ4v) is 4.30. The van der Waals surface area contributed by atoms with E-state index >= 15 is 0 Å². The number of nitrogens with one attached hydrogen (secondary N) is 1. The van der Waals surface area contributed by atoms with Gasteiger partial charge < -0.3 is 15.0 Å². The van der Waals surface area contributed by atoms with Gasteiger partial charge in [0.15, 0.2) is 0 Å². The Labute approximate surface area is 185 Å². The molecule has 32 heavy (non-hydrogen) atoms. The van der Waals surface area contributed by atoms with E-state index in [1.54, 1.807) is 29.2 Å². The summed E-state index contributed by atoms with van der Waals surface area (Å²) in [4.78, 5) is 39.5. The van der Waals surface area contributed by atoms with Crippen LogP contribution in [0.15, 0.2) is 72.8 Å². The molecule has 0 aliphatic carbocycles. The van der Waals surface area contributed by atoms with Crippen LogP contribution >= 0.6 is 0 Å². The summed E-state index contributed by atoms with van der Waals surface area (Å²) in [6.45, 7) is 0.646. The van der Waals surface area contributed by atoms with E-state index in [-0.39, 0.29) is 23.9 Å². The second-order valence-electron chi connectivity index (χ2n) is 8.00. The first-order valence-electron chi connectivity index (χ1n) is 10.7. The number of ether oxygens (including phenoxy) is 1. The van der Waals surface area contributed by atoms with E-state index < -0.39 is 0 Å². The number of benzene rings is 3. The second-order valence-corrected chi connectivity index (χ2v) is 8.00. The van der Waals surface area contributed by atoms with Crippen LogP contribution in [-0.2, 0) is 16.0 Å². The number of rotatable bonds is 4. The van der Waals surface area contributed by atoms with Gasteiger partial charge in [0, 0.05) is 24.9 Å². The molecular formula is C26H22N2O4. The van der Waals surface area contributed by atoms with Crippen molar-refractivity contribution in [2.24, 2.45) is 0 Å². The largest absolute Gasteiger partial charge is 0.454 e. The maximum atomic E-state index is 13.1. The highest BCUT2D eigenvalue weighted by atomic mass is 16.5. The molecule has 2 heterocycles. The van der Waals surface area contributed by atoms with Gasteiger partial charge in [0.25, 0.3) is 5.91 Å². The SMILES string of the molecule is O=C(Nc1ccccc1N1CCCC1=O)c1ccc2c(c1)CC(c1ccccc1)OC2=O. The Morgan fingerprint density at radius 2 is 1.75 bits per heavy atom. The Morgan fingerprint density at radius 1 is 0.969 bits per heavy atom. The third-order valence-corrected chi connectivity index (χ3v) is 5.93. The molecule has 1 unspecified atom stereocenters. The maximum Gasteiger partial charge on any atom is 0.339 e. The van der Waals surface area contributed by atoms with E-state index in [0.29, 0.717) is 41.9 Å². The van der Waals surface area contributed by atoms with E-state index in [4.69, 9.17) is 4.74 Å². The zero-order valence-electron chi connectivity index (χ0n) is 17.4. The van der Waals surface area contributed by atoms with Crippen molar-refractivity contribution >= 4 is 29.2 Å². The number of hydrogen-bond donors (Lipinski definition) is 1. The zero-order valence-corrected chi connectivity index (χ0v) is 17.4. The molecule has 6 nitrogen and oxygen atoms in total. The summed E-state index contributed by atoms with van der Waals surface area (Å²) in [6.07, 6.45) is 1.46. The summed E-state index contributed by atoms with van der Waals surface area (Å²) in [5, 5.41) is 2.94. The third-order valence-electron chi connectivity index (χ3n) is 5.93. The molecule has 1 fully saturated rings. The van der Waals surface area contributed by atoms with Gasteiger partial charge in [-0.15, -0.1) is 0 Å². The fraction of sp³-hybridized carbons (Fsp3) is 0.192. The number of hydrogen-bond acceptors (Lipinski definition) is 4. The minimum absolute atomic E-state index is 0.0611. The van der Waals surface area contributed by atoms with Gasteiger partial charge in [-0.25, -0.2) is 4.79 Å². The Kier molecular flexibility index (Phi) is 5.19. The van der Waals surface area contributed by atoms with Crippen molar-refractivity contribution < 1.29 is 19.1 Å². The normalized spacial score (nSPS) is 17.6. The van der Waals surface area contributed by atoms with Gasteiger partial charge in [-0.3, -0.25) is 9.59 Å². The number of para-hydroxylation sites is 2. The number of cyclic esters (lactones) is 1. The minimum Gasteiger partial charge on any atom is -0.454 e. The third kappa shape index (κ3) is 3.75. The molecule has 3 aromatic rings. The van der Waals surface area contributed by atoms with E-state index in [9.17, 15) is 14.4 Å². The quantitative estimate of drug-likeness (QED) is 0.623. The van der Waals surface area contributed by atoms with Crippen molar-refractivity contribution in [3.8, 4) is 0 Å². The zero-order chi connectivity index (χ0) is 22.1. The monoisotopic (exact) mass is 426 g/mol. The van der Waals surface area contributed by atoms with Gasteiger partial charge in [0.1, 0.15) is 6.10 Å². The molecule has 0 bridgehead atoms. The first-order chi connectivity index (χ1) is 15.6. The molecule has 0 radical (unpaired) electrons. The fourth-order valence-electron chi connectivity index (χ4n) is 4.30. The van der Waals surface area contributed by atoms with Gasteiger partial charge in [0.05, 0.1) is 16.9 Å². The van der Waals surface area contributed by atoms with Crippen LogP contribution in [0.1, 0.15) is 50.8 Å². The van der Waals surface area contributed by atoms with Crippen molar-refractivity contribution in [3.05, 3.63) is 95.1 Å². The van der Waals surface area contributed by atoms with E-state index in [2.05, 4.69) is 5.32 Å². The first kappa shape index (κ1) is 20.0. The average molecular weight is 426 g/mol. The van der Waals surface area contributed by atoms with Gasteiger partial charge in [-0.2, -0.15) is 0 Å². The van der Waals surface area contributed by atoms with Gasteiger partial charge >= 0.3 is 5.97 Å². The molecule has 0 spiro atoms.